The zero-order valence-electron chi connectivity index (χ0n) is 9.66. The maximum atomic E-state index is 11.7. The molecule has 0 radical (unpaired) electrons. The largest absolute Gasteiger partial charge is 0.481 e. The first-order chi connectivity index (χ1) is 8.03. The highest BCUT2D eigenvalue weighted by molar-refractivity contribution is 5.92. The molecule has 1 aliphatic carbocycles. The van der Waals surface area contributed by atoms with Crippen LogP contribution in [0.1, 0.15) is 35.6 Å². The third-order valence-electron chi connectivity index (χ3n) is 3.32. The first-order valence-corrected chi connectivity index (χ1v) is 5.62. The quantitative estimate of drug-likeness (QED) is 0.833. The minimum Gasteiger partial charge on any atom is -0.481 e. The Morgan fingerprint density at radius 1 is 1.47 bits per heavy atom. The summed E-state index contributed by atoms with van der Waals surface area (Å²) in [4.78, 5) is 22.8. The number of furan rings is 1. The van der Waals surface area contributed by atoms with Gasteiger partial charge in [0.1, 0.15) is 5.76 Å². The number of carbonyl (C=O) groups is 2. The Morgan fingerprint density at radius 3 is 2.59 bits per heavy atom. The minimum absolute atomic E-state index is 0.168. The number of carbonyl (C=O) groups excluding carboxylic acids is 1. The number of aryl methyl sites for hydroxylation is 1. The zero-order valence-corrected chi connectivity index (χ0v) is 9.66. The van der Waals surface area contributed by atoms with Gasteiger partial charge in [0, 0.05) is 6.54 Å². The summed E-state index contributed by atoms with van der Waals surface area (Å²) in [7, 11) is 0. The molecule has 92 valence electrons. The van der Waals surface area contributed by atoms with E-state index in [9.17, 15) is 9.59 Å². The van der Waals surface area contributed by atoms with Gasteiger partial charge in [0.2, 0.25) is 0 Å². The lowest BCUT2D eigenvalue weighted by Gasteiger charge is -2.37. The molecule has 1 aromatic heterocycles. The Kier molecular flexibility index (Phi) is 2.92. The van der Waals surface area contributed by atoms with Gasteiger partial charge >= 0.3 is 5.97 Å². The van der Waals surface area contributed by atoms with Crippen molar-refractivity contribution in [2.75, 3.05) is 6.54 Å². The maximum Gasteiger partial charge on any atom is 0.311 e. The summed E-state index contributed by atoms with van der Waals surface area (Å²) in [6, 6.07) is 3.28. The Bertz CT molecular complexity index is 445. The van der Waals surface area contributed by atoms with Crippen LogP contribution in [-0.2, 0) is 4.79 Å². The smallest absolute Gasteiger partial charge is 0.311 e. The lowest BCUT2D eigenvalue weighted by molar-refractivity contribution is -0.153. The van der Waals surface area contributed by atoms with Crippen molar-refractivity contribution in [3.63, 3.8) is 0 Å². The van der Waals surface area contributed by atoms with Crippen LogP contribution < -0.4 is 5.32 Å². The third kappa shape index (κ3) is 2.18. The maximum absolute atomic E-state index is 11.7. The fraction of sp³-hybridized carbons (Fsp3) is 0.500. The van der Waals surface area contributed by atoms with Gasteiger partial charge in [0.25, 0.3) is 5.91 Å². The van der Waals surface area contributed by atoms with Crippen LogP contribution in [0.4, 0.5) is 0 Å². The molecule has 2 rings (SSSR count). The molecule has 0 unspecified atom stereocenters. The molecule has 17 heavy (non-hydrogen) atoms. The summed E-state index contributed by atoms with van der Waals surface area (Å²) in [5.41, 5.74) is -0.767. The van der Waals surface area contributed by atoms with Crippen molar-refractivity contribution >= 4 is 11.9 Å². The van der Waals surface area contributed by atoms with Crippen LogP contribution in [0.2, 0.25) is 0 Å². The second kappa shape index (κ2) is 4.24. The van der Waals surface area contributed by atoms with E-state index in [4.69, 9.17) is 9.52 Å². The molecule has 0 bridgehead atoms. The predicted molar refractivity (Wildman–Crippen MR) is 59.7 cm³/mol. The summed E-state index contributed by atoms with van der Waals surface area (Å²) in [6.07, 6.45) is 2.15. The first-order valence-electron chi connectivity index (χ1n) is 5.62. The molecule has 0 saturated heterocycles. The molecule has 0 atom stereocenters. The van der Waals surface area contributed by atoms with Gasteiger partial charge in [-0.3, -0.25) is 9.59 Å². The van der Waals surface area contributed by atoms with Gasteiger partial charge < -0.3 is 14.8 Å². The van der Waals surface area contributed by atoms with E-state index in [1.165, 1.54) is 0 Å². The van der Waals surface area contributed by atoms with Crippen LogP contribution in [0.15, 0.2) is 16.5 Å². The molecule has 1 fully saturated rings. The Labute approximate surface area is 98.8 Å². The van der Waals surface area contributed by atoms with E-state index >= 15 is 0 Å². The number of rotatable bonds is 4. The van der Waals surface area contributed by atoms with Crippen molar-refractivity contribution in [3.8, 4) is 0 Å². The number of amides is 1. The van der Waals surface area contributed by atoms with Crippen molar-refractivity contribution in [2.24, 2.45) is 5.41 Å². The SMILES string of the molecule is Cc1ccc(C(=O)NCC2(C(=O)O)CCC2)o1. The first kappa shape index (κ1) is 11.7. The monoisotopic (exact) mass is 237 g/mol. The predicted octanol–water partition coefficient (Wildman–Crippen LogP) is 1.57. The fourth-order valence-electron chi connectivity index (χ4n) is 1.96. The number of aliphatic carboxylic acids is 1. The van der Waals surface area contributed by atoms with E-state index in [1.54, 1.807) is 19.1 Å². The highest BCUT2D eigenvalue weighted by Gasteiger charge is 2.44. The molecule has 2 N–H and O–H groups in total. The standard InChI is InChI=1S/C12H15NO4/c1-8-3-4-9(17-8)10(14)13-7-12(11(15)16)5-2-6-12/h3-4H,2,5-7H2,1H3,(H,13,14)(H,15,16). The van der Waals surface area contributed by atoms with Crippen molar-refractivity contribution in [1.82, 2.24) is 5.32 Å². The Balaban J connectivity index is 1.94. The highest BCUT2D eigenvalue weighted by Crippen LogP contribution is 2.40. The molecule has 0 aliphatic heterocycles. The molecule has 5 heteroatoms. The summed E-state index contributed by atoms with van der Waals surface area (Å²) >= 11 is 0. The molecule has 5 nitrogen and oxygen atoms in total. The molecule has 1 aromatic rings. The zero-order chi connectivity index (χ0) is 12.5. The fourth-order valence-corrected chi connectivity index (χ4v) is 1.96. The van der Waals surface area contributed by atoms with Crippen LogP contribution in [-0.4, -0.2) is 23.5 Å². The number of carboxylic acids is 1. The normalized spacial score (nSPS) is 17.2. The highest BCUT2D eigenvalue weighted by atomic mass is 16.4. The van der Waals surface area contributed by atoms with E-state index in [-0.39, 0.29) is 18.2 Å². The summed E-state index contributed by atoms with van der Waals surface area (Å²) in [5.74, 6) is -0.306. The number of hydrogen-bond acceptors (Lipinski definition) is 3. The van der Waals surface area contributed by atoms with Gasteiger partial charge in [-0.05, 0) is 31.9 Å². The van der Waals surface area contributed by atoms with Crippen molar-refractivity contribution in [3.05, 3.63) is 23.7 Å². The summed E-state index contributed by atoms with van der Waals surface area (Å²) in [5, 5.41) is 11.7. The number of hydrogen-bond donors (Lipinski definition) is 2. The molecular formula is C12H15NO4. The van der Waals surface area contributed by atoms with E-state index < -0.39 is 11.4 Å². The van der Waals surface area contributed by atoms with Gasteiger partial charge in [0.15, 0.2) is 5.76 Å². The molecule has 1 amide bonds. The van der Waals surface area contributed by atoms with Crippen LogP contribution in [0, 0.1) is 12.3 Å². The van der Waals surface area contributed by atoms with E-state index in [1.807, 2.05) is 0 Å². The summed E-state index contributed by atoms with van der Waals surface area (Å²) < 4.78 is 5.16. The van der Waals surface area contributed by atoms with Gasteiger partial charge in [-0.15, -0.1) is 0 Å². The molecule has 0 aromatic carbocycles. The lowest BCUT2D eigenvalue weighted by Crippen LogP contribution is -2.47. The average molecular weight is 237 g/mol. The van der Waals surface area contributed by atoms with Crippen molar-refractivity contribution < 1.29 is 19.1 Å². The van der Waals surface area contributed by atoms with Crippen LogP contribution in [0.5, 0.6) is 0 Å². The molecular weight excluding hydrogens is 222 g/mol. The average Bonchev–Trinajstić information content (AvgIpc) is 2.62. The van der Waals surface area contributed by atoms with E-state index in [2.05, 4.69) is 5.32 Å². The Morgan fingerprint density at radius 2 is 2.18 bits per heavy atom. The second-order valence-corrected chi connectivity index (χ2v) is 4.53. The van der Waals surface area contributed by atoms with Gasteiger partial charge in [-0.2, -0.15) is 0 Å². The number of nitrogens with one attached hydrogen (secondary N) is 1. The summed E-state index contributed by atoms with van der Waals surface area (Å²) in [6.45, 7) is 1.92. The van der Waals surface area contributed by atoms with E-state index in [0.29, 0.717) is 18.6 Å². The van der Waals surface area contributed by atoms with Gasteiger partial charge in [-0.1, -0.05) is 6.42 Å². The molecule has 0 spiro atoms. The molecule has 1 heterocycles. The Hall–Kier alpha value is -1.78. The van der Waals surface area contributed by atoms with Crippen LogP contribution >= 0.6 is 0 Å². The van der Waals surface area contributed by atoms with Gasteiger partial charge in [-0.25, -0.2) is 0 Å². The van der Waals surface area contributed by atoms with Crippen LogP contribution in [0.25, 0.3) is 0 Å². The third-order valence-corrected chi connectivity index (χ3v) is 3.32. The molecule has 1 saturated carbocycles. The topological polar surface area (TPSA) is 79.5 Å². The van der Waals surface area contributed by atoms with Crippen LogP contribution in [0.3, 0.4) is 0 Å². The lowest BCUT2D eigenvalue weighted by atomic mass is 9.69. The van der Waals surface area contributed by atoms with Gasteiger partial charge in [0.05, 0.1) is 5.41 Å². The van der Waals surface area contributed by atoms with Crippen molar-refractivity contribution in [2.45, 2.75) is 26.2 Å². The second-order valence-electron chi connectivity index (χ2n) is 4.53. The number of carboxylic acid groups (broad SMARTS) is 1. The van der Waals surface area contributed by atoms with E-state index in [0.717, 1.165) is 6.42 Å². The minimum atomic E-state index is -0.834. The van der Waals surface area contributed by atoms with Crippen molar-refractivity contribution in [1.29, 1.82) is 0 Å². The molecule has 1 aliphatic rings.